The Bertz CT molecular complexity index is 365. The van der Waals surface area contributed by atoms with Gasteiger partial charge in [-0.3, -0.25) is 0 Å². The van der Waals surface area contributed by atoms with Crippen LogP contribution in [0.1, 0.15) is 5.69 Å². The number of imidazole rings is 1. The molecule has 2 heterocycles. The van der Waals surface area contributed by atoms with Crippen LogP contribution < -0.4 is 5.32 Å². The van der Waals surface area contributed by atoms with Gasteiger partial charge in [-0.25, -0.2) is 9.97 Å². The molecule has 0 saturated heterocycles. The van der Waals surface area contributed by atoms with E-state index in [0.717, 1.165) is 17.4 Å². The molecule has 4 nitrogen and oxygen atoms in total. The van der Waals surface area contributed by atoms with Crippen LogP contribution >= 0.6 is 11.3 Å². The minimum absolute atomic E-state index is 0.790. The Kier molecular flexibility index (Phi) is 2.27. The Morgan fingerprint density at radius 3 is 3.15 bits per heavy atom. The van der Waals surface area contributed by atoms with Crippen molar-refractivity contribution in [1.29, 1.82) is 0 Å². The first-order chi connectivity index (χ1) is 6.38. The molecule has 0 fully saturated rings. The van der Waals surface area contributed by atoms with Gasteiger partial charge >= 0.3 is 0 Å². The van der Waals surface area contributed by atoms with Gasteiger partial charge in [-0.2, -0.15) is 0 Å². The van der Waals surface area contributed by atoms with Gasteiger partial charge in [0.25, 0.3) is 0 Å². The first-order valence-electron chi connectivity index (χ1n) is 3.96. The van der Waals surface area contributed by atoms with Crippen LogP contribution in [0, 0.1) is 0 Å². The summed E-state index contributed by atoms with van der Waals surface area (Å²) in [5.74, 6) is 0. The molecule has 1 N–H and O–H groups in total. The van der Waals surface area contributed by atoms with Crippen molar-refractivity contribution in [2.75, 3.05) is 12.4 Å². The maximum Gasteiger partial charge on any atom is 0.182 e. The molecule has 13 heavy (non-hydrogen) atoms. The van der Waals surface area contributed by atoms with Gasteiger partial charge < -0.3 is 9.88 Å². The van der Waals surface area contributed by atoms with Gasteiger partial charge in [0.05, 0.1) is 18.6 Å². The van der Waals surface area contributed by atoms with E-state index < -0.39 is 0 Å². The van der Waals surface area contributed by atoms with E-state index in [1.807, 2.05) is 23.2 Å². The third-order valence-corrected chi connectivity index (χ3v) is 2.58. The number of nitrogens with one attached hydrogen (secondary N) is 1. The van der Waals surface area contributed by atoms with Gasteiger partial charge in [0.2, 0.25) is 0 Å². The summed E-state index contributed by atoms with van der Waals surface area (Å²) >= 11 is 1.62. The molecule has 0 spiro atoms. The number of hydrogen-bond donors (Lipinski definition) is 1. The van der Waals surface area contributed by atoms with Crippen molar-refractivity contribution in [2.24, 2.45) is 0 Å². The van der Waals surface area contributed by atoms with Crippen LogP contribution in [-0.4, -0.2) is 21.6 Å². The normalized spacial score (nSPS) is 10.2. The van der Waals surface area contributed by atoms with Gasteiger partial charge in [0.15, 0.2) is 5.13 Å². The van der Waals surface area contributed by atoms with Crippen LogP contribution in [0.3, 0.4) is 0 Å². The summed E-state index contributed by atoms with van der Waals surface area (Å²) in [7, 11) is 1.87. The van der Waals surface area contributed by atoms with Gasteiger partial charge in [-0.15, -0.1) is 11.3 Å². The van der Waals surface area contributed by atoms with E-state index in [0.29, 0.717) is 0 Å². The molecule has 0 unspecified atom stereocenters. The summed E-state index contributed by atoms with van der Waals surface area (Å²) in [6.45, 7) is 0.790. The molecule has 0 aliphatic rings. The molecule has 2 aromatic rings. The summed E-state index contributed by atoms with van der Waals surface area (Å²) in [6, 6.07) is 0. The summed E-state index contributed by atoms with van der Waals surface area (Å²) in [4.78, 5) is 8.33. The Balaban J connectivity index is 2.10. The average Bonchev–Trinajstić information content (AvgIpc) is 2.76. The molecule has 0 aliphatic heterocycles. The standard InChI is InChI=1S/C8H10N4S/c1-9-8-11-7(5-13-8)4-12-3-2-10-6-12/h2-3,5-6H,4H2,1H3,(H,9,11). The zero-order valence-corrected chi connectivity index (χ0v) is 8.08. The van der Waals surface area contributed by atoms with E-state index >= 15 is 0 Å². The number of hydrogen-bond acceptors (Lipinski definition) is 4. The maximum absolute atomic E-state index is 4.36. The maximum atomic E-state index is 4.36. The molecule has 0 bridgehead atoms. The predicted octanol–water partition coefficient (Wildman–Crippen LogP) is 1.43. The zero-order chi connectivity index (χ0) is 9.10. The topological polar surface area (TPSA) is 42.7 Å². The lowest BCUT2D eigenvalue weighted by atomic mass is 10.5. The lowest BCUT2D eigenvalue weighted by molar-refractivity contribution is 0.779. The van der Waals surface area contributed by atoms with Crippen molar-refractivity contribution in [2.45, 2.75) is 6.54 Å². The second-order valence-electron chi connectivity index (χ2n) is 2.63. The van der Waals surface area contributed by atoms with Crippen molar-refractivity contribution >= 4 is 16.5 Å². The fourth-order valence-electron chi connectivity index (χ4n) is 1.06. The van der Waals surface area contributed by atoms with Crippen LogP contribution in [-0.2, 0) is 6.54 Å². The van der Waals surface area contributed by atoms with Crippen LogP contribution in [0.15, 0.2) is 24.1 Å². The van der Waals surface area contributed by atoms with Crippen molar-refractivity contribution in [3.05, 3.63) is 29.8 Å². The van der Waals surface area contributed by atoms with E-state index in [1.54, 1.807) is 23.9 Å². The third-order valence-electron chi connectivity index (χ3n) is 1.67. The molecular weight excluding hydrogens is 184 g/mol. The Hall–Kier alpha value is -1.36. The van der Waals surface area contributed by atoms with Gasteiger partial charge in [-0.05, 0) is 0 Å². The SMILES string of the molecule is CNc1nc(Cn2ccnc2)cs1. The summed E-state index contributed by atoms with van der Waals surface area (Å²) < 4.78 is 1.99. The minimum atomic E-state index is 0.790. The largest absolute Gasteiger partial charge is 0.365 e. The molecule has 0 saturated carbocycles. The highest BCUT2D eigenvalue weighted by Crippen LogP contribution is 2.14. The van der Waals surface area contributed by atoms with E-state index in [2.05, 4.69) is 15.3 Å². The van der Waals surface area contributed by atoms with Gasteiger partial charge in [0.1, 0.15) is 0 Å². The number of thiazole rings is 1. The highest BCUT2D eigenvalue weighted by Gasteiger charge is 1.99. The fourth-order valence-corrected chi connectivity index (χ4v) is 1.72. The minimum Gasteiger partial charge on any atom is -0.365 e. The Labute approximate surface area is 80.3 Å². The van der Waals surface area contributed by atoms with Gasteiger partial charge in [-0.1, -0.05) is 0 Å². The Morgan fingerprint density at radius 2 is 2.54 bits per heavy atom. The first kappa shape index (κ1) is 8.25. The van der Waals surface area contributed by atoms with Crippen molar-refractivity contribution in [3.8, 4) is 0 Å². The predicted molar refractivity (Wildman–Crippen MR) is 53.0 cm³/mol. The number of rotatable bonds is 3. The van der Waals surface area contributed by atoms with E-state index in [1.165, 1.54) is 0 Å². The second kappa shape index (κ2) is 3.57. The lowest BCUT2D eigenvalue weighted by Crippen LogP contribution is -1.96. The number of aromatic nitrogens is 3. The highest BCUT2D eigenvalue weighted by atomic mass is 32.1. The molecule has 2 aromatic heterocycles. The lowest BCUT2D eigenvalue weighted by Gasteiger charge is -1.96. The smallest absolute Gasteiger partial charge is 0.182 e. The molecule has 5 heteroatoms. The third kappa shape index (κ3) is 1.86. The molecular formula is C8H10N4S. The van der Waals surface area contributed by atoms with Gasteiger partial charge in [0, 0.05) is 24.8 Å². The van der Waals surface area contributed by atoms with Crippen molar-refractivity contribution in [3.63, 3.8) is 0 Å². The van der Waals surface area contributed by atoms with Crippen LogP contribution in [0.4, 0.5) is 5.13 Å². The molecule has 0 atom stereocenters. The number of anilines is 1. The Morgan fingerprint density at radius 1 is 1.62 bits per heavy atom. The van der Waals surface area contributed by atoms with Crippen LogP contribution in [0.5, 0.6) is 0 Å². The average molecular weight is 194 g/mol. The molecule has 0 aliphatic carbocycles. The fraction of sp³-hybridized carbons (Fsp3) is 0.250. The zero-order valence-electron chi connectivity index (χ0n) is 7.27. The van der Waals surface area contributed by atoms with Crippen LogP contribution in [0.25, 0.3) is 0 Å². The highest BCUT2D eigenvalue weighted by molar-refractivity contribution is 7.13. The van der Waals surface area contributed by atoms with Crippen LogP contribution in [0.2, 0.25) is 0 Å². The van der Waals surface area contributed by atoms with E-state index in [-0.39, 0.29) is 0 Å². The summed E-state index contributed by atoms with van der Waals surface area (Å²) in [5.41, 5.74) is 1.06. The van der Waals surface area contributed by atoms with Crippen molar-refractivity contribution in [1.82, 2.24) is 14.5 Å². The van der Waals surface area contributed by atoms with Crippen molar-refractivity contribution < 1.29 is 0 Å². The molecule has 68 valence electrons. The van der Waals surface area contributed by atoms with E-state index in [4.69, 9.17) is 0 Å². The summed E-state index contributed by atoms with van der Waals surface area (Å²) in [6.07, 6.45) is 5.49. The monoisotopic (exact) mass is 194 g/mol. The summed E-state index contributed by atoms with van der Waals surface area (Å²) in [5, 5.41) is 6.01. The molecule has 0 radical (unpaired) electrons. The molecule has 0 aromatic carbocycles. The molecule has 0 amide bonds. The quantitative estimate of drug-likeness (QED) is 0.803. The molecule has 2 rings (SSSR count). The number of nitrogens with zero attached hydrogens (tertiary/aromatic N) is 3. The first-order valence-corrected chi connectivity index (χ1v) is 4.84. The second-order valence-corrected chi connectivity index (χ2v) is 3.49. The van der Waals surface area contributed by atoms with E-state index in [9.17, 15) is 0 Å².